The fraction of sp³-hybridized carbons (Fsp3) is 0.294. The number of halogens is 1. The van der Waals surface area contributed by atoms with Gasteiger partial charge in [-0.2, -0.15) is 0 Å². The molecule has 2 N–H and O–H groups in total. The van der Waals surface area contributed by atoms with E-state index in [1.807, 2.05) is 18.2 Å². The number of aliphatic hydroxyl groups is 1. The Labute approximate surface area is 129 Å². The van der Waals surface area contributed by atoms with Gasteiger partial charge in [0.1, 0.15) is 17.3 Å². The first-order valence-electron chi connectivity index (χ1n) is 6.99. The molecular weight excluding hydrogens is 285 g/mol. The minimum absolute atomic E-state index is 0.315. The third-order valence-electron chi connectivity index (χ3n) is 3.40. The highest BCUT2D eigenvalue weighted by molar-refractivity contribution is 5.40. The quantitative estimate of drug-likeness (QED) is 0.826. The van der Waals surface area contributed by atoms with E-state index in [1.54, 1.807) is 26.4 Å². The summed E-state index contributed by atoms with van der Waals surface area (Å²) in [6.45, 7) is 0.880. The Hall–Kier alpha value is -2.11. The molecule has 0 spiro atoms. The second kappa shape index (κ2) is 7.77. The van der Waals surface area contributed by atoms with Gasteiger partial charge >= 0.3 is 0 Å². The third kappa shape index (κ3) is 4.19. The first-order chi connectivity index (χ1) is 10.6. The lowest BCUT2D eigenvalue weighted by molar-refractivity contribution is 0.174. The summed E-state index contributed by atoms with van der Waals surface area (Å²) in [5, 5.41) is 13.2. The molecule has 0 aliphatic heterocycles. The fourth-order valence-electron chi connectivity index (χ4n) is 2.17. The Kier molecular flexibility index (Phi) is 5.75. The number of aliphatic hydroxyl groups excluding tert-OH is 1. The van der Waals surface area contributed by atoms with Gasteiger partial charge in [-0.1, -0.05) is 12.1 Å². The van der Waals surface area contributed by atoms with Gasteiger partial charge in [0.2, 0.25) is 0 Å². The molecule has 0 amide bonds. The Balaban J connectivity index is 1.94. The fourth-order valence-corrected chi connectivity index (χ4v) is 2.17. The third-order valence-corrected chi connectivity index (χ3v) is 3.40. The van der Waals surface area contributed by atoms with Crippen molar-refractivity contribution in [3.05, 3.63) is 59.4 Å². The molecule has 4 nitrogen and oxygen atoms in total. The molecule has 0 heterocycles. The maximum absolute atomic E-state index is 12.9. The molecule has 0 bridgehead atoms. The molecule has 1 unspecified atom stereocenters. The van der Waals surface area contributed by atoms with Crippen molar-refractivity contribution in [3.8, 4) is 11.5 Å². The van der Waals surface area contributed by atoms with E-state index in [-0.39, 0.29) is 5.82 Å². The zero-order valence-electron chi connectivity index (χ0n) is 12.7. The van der Waals surface area contributed by atoms with E-state index in [9.17, 15) is 9.50 Å². The van der Waals surface area contributed by atoms with Gasteiger partial charge in [0, 0.05) is 18.7 Å². The van der Waals surface area contributed by atoms with E-state index < -0.39 is 6.10 Å². The van der Waals surface area contributed by atoms with Crippen LogP contribution >= 0.6 is 0 Å². The van der Waals surface area contributed by atoms with E-state index in [1.165, 1.54) is 12.1 Å². The number of nitrogens with one attached hydrogen (secondary N) is 1. The summed E-state index contributed by atoms with van der Waals surface area (Å²) in [5.41, 5.74) is 1.61. The van der Waals surface area contributed by atoms with Gasteiger partial charge in [-0.25, -0.2) is 4.39 Å². The SMILES string of the molecule is COc1ccc(OC)c(CNCC(O)c2ccc(F)cc2)c1. The lowest BCUT2D eigenvalue weighted by atomic mass is 10.1. The van der Waals surface area contributed by atoms with Crippen LogP contribution in [0.15, 0.2) is 42.5 Å². The highest BCUT2D eigenvalue weighted by Crippen LogP contribution is 2.24. The van der Waals surface area contributed by atoms with Gasteiger partial charge in [0.25, 0.3) is 0 Å². The largest absolute Gasteiger partial charge is 0.497 e. The molecule has 0 aliphatic carbocycles. The molecule has 2 aromatic rings. The molecule has 0 fully saturated rings. The Morgan fingerprint density at radius 3 is 2.45 bits per heavy atom. The van der Waals surface area contributed by atoms with Gasteiger partial charge in [-0.3, -0.25) is 0 Å². The molecule has 0 radical (unpaired) electrons. The zero-order valence-corrected chi connectivity index (χ0v) is 12.7. The smallest absolute Gasteiger partial charge is 0.123 e. The highest BCUT2D eigenvalue weighted by atomic mass is 19.1. The standard InChI is InChI=1S/C17H20FNO3/c1-21-15-7-8-17(22-2)13(9-15)10-19-11-16(20)12-3-5-14(18)6-4-12/h3-9,16,19-20H,10-11H2,1-2H3. The molecule has 118 valence electrons. The molecule has 0 saturated carbocycles. The predicted octanol–water partition coefficient (Wildman–Crippen LogP) is 2.67. The maximum atomic E-state index is 12.9. The van der Waals surface area contributed by atoms with Crippen molar-refractivity contribution >= 4 is 0 Å². The average Bonchev–Trinajstić information content (AvgIpc) is 2.55. The van der Waals surface area contributed by atoms with Gasteiger partial charge in [0.15, 0.2) is 0 Å². The molecule has 1 atom stereocenters. The topological polar surface area (TPSA) is 50.7 Å². The van der Waals surface area contributed by atoms with Crippen molar-refractivity contribution in [2.45, 2.75) is 12.6 Å². The zero-order chi connectivity index (χ0) is 15.9. The first-order valence-corrected chi connectivity index (χ1v) is 6.99. The van der Waals surface area contributed by atoms with Crippen LogP contribution in [0.3, 0.4) is 0 Å². The number of ether oxygens (including phenoxy) is 2. The molecule has 2 rings (SSSR count). The minimum Gasteiger partial charge on any atom is -0.497 e. The van der Waals surface area contributed by atoms with Crippen LogP contribution in [0.5, 0.6) is 11.5 Å². The summed E-state index contributed by atoms with van der Waals surface area (Å²) in [4.78, 5) is 0. The van der Waals surface area contributed by atoms with Crippen LogP contribution in [0.25, 0.3) is 0 Å². The maximum Gasteiger partial charge on any atom is 0.123 e. The van der Waals surface area contributed by atoms with Crippen LogP contribution in [0.2, 0.25) is 0 Å². The van der Waals surface area contributed by atoms with Gasteiger partial charge < -0.3 is 19.9 Å². The van der Waals surface area contributed by atoms with Crippen LogP contribution in [0, 0.1) is 5.82 Å². The number of methoxy groups -OCH3 is 2. The molecule has 0 saturated heterocycles. The van der Waals surface area contributed by atoms with Gasteiger partial charge in [-0.05, 0) is 35.9 Å². The van der Waals surface area contributed by atoms with E-state index in [2.05, 4.69) is 5.32 Å². The van der Waals surface area contributed by atoms with E-state index in [4.69, 9.17) is 9.47 Å². The summed E-state index contributed by atoms with van der Waals surface area (Å²) in [7, 11) is 3.22. The second-order valence-electron chi connectivity index (χ2n) is 4.88. The number of hydrogen-bond donors (Lipinski definition) is 2. The Morgan fingerprint density at radius 2 is 1.82 bits per heavy atom. The molecule has 2 aromatic carbocycles. The molecule has 0 aliphatic rings. The average molecular weight is 305 g/mol. The van der Waals surface area contributed by atoms with Crippen molar-refractivity contribution < 1.29 is 19.0 Å². The van der Waals surface area contributed by atoms with E-state index >= 15 is 0 Å². The number of hydrogen-bond acceptors (Lipinski definition) is 4. The normalized spacial score (nSPS) is 12.0. The Bertz CT molecular complexity index is 601. The van der Waals surface area contributed by atoms with Crippen LogP contribution in [-0.4, -0.2) is 25.9 Å². The molecule has 22 heavy (non-hydrogen) atoms. The van der Waals surface area contributed by atoms with Gasteiger partial charge in [0.05, 0.1) is 20.3 Å². The first kappa shape index (κ1) is 16.3. The number of benzene rings is 2. The van der Waals surface area contributed by atoms with Crippen molar-refractivity contribution in [3.63, 3.8) is 0 Å². The van der Waals surface area contributed by atoms with E-state index in [0.717, 1.165) is 17.1 Å². The summed E-state index contributed by atoms with van der Waals surface area (Å²) in [6, 6.07) is 11.4. The van der Waals surface area contributed by atoms with Crippen LogP contribution < -0.4 is 14.8 Å². The van der Waals surface area contributed by atoms with Crippen molar-refractivity contribution in [1.82, 2.24) is 5.32 Å². The monoisotopic (exact) mass is 305 g/mol. The van der Waals surface area contributed by atoms with E-state index in [0.29, 0.717) is 18.7 Å². The highest BCUT2D eigenvalue weighted by Gasteiger charge is 2.09. The summed E-state index contributed by atoms with van der Waals surface area (Å²) >= 11 is 0. The lowest BCUT2D eigenvalue weighted by Gasteiger charge is -2.14. The molecule has 0 aromatic heterocycles. The van der Waals surface area contributed by atoms with Gasteiger partial charge in [-0.15, -0.1) is 0 Å². The summed E-state index contributed by atoms with van der Waals surface area (Å²) in [5.74, 6) is 1.19. The second-order valence-corrected chi connectivity index (χ2v) is 4.88. The number of rotatable bonds is 7. The lowest BCUT2D eigenvalue weighted by Crippen LogP contribution is -2.21. The van der Waals surface area contributed by atoms with Crippen molar-refractivity contribution in [2.75, 3.05) is 20.8 Å². The molecular formula is C17H20FNO3. The van der Waals surface area contributed by atoms with Crippen LogP contribution in [0.4, 0.5) is 4.39 Å². The van der Waals surface area contributed by atoms with Crippen molar-refractivity contribution in [2.24, 2.45) is 0 Å². The summed E-state index contributed by atoms with van der Waals surface area (Å²) < 4.78 is 23.3. The Morgan fingerprint density at radius 1 is 1.09 bits per heavy atom. The van der Waals surface area contributed by atoms with Crippen LogP contribution in [0.1, 0.15) is 17.2 Å². The summed E-state index contributed by atoms with van der Waals surface area (Å²) in [6.07, 6.45) is -0.697. The van der Waals surface area contributed by atoms with Crippen LogP contribution in [-0.2, 0) is 6.54 Å². The van der Waals surface area contributed by atoms with Crippen molar-refractivity contribution in [1.29, 1.82) is 0 Å². The molecule has 5 heteroatoms. The predicted molar refractivity (Wildman–Crippen MR) is 82.6 cm³/mol. The minimum atomic E-state index is -0.697.